The first-order valence-corrected chi connectivity index (χ1v) is 21.5. The highest BCUT2D eigenvalue weighted by molar-refractivity contribution is 7.20. The molecule has 9 aromatic rings. The third kappa shape index (κ3) is 5.03. The Morgan fingerprint density at radius 3 is 1.02 bits per heavy atom. The maximum Gasteiger partial charge on any atom is 0.227 e. The average Bonchev–Trinajstić information content (AvgIpc) is 3.59. The van der Waals surface area contributed by atoms with Gasteiger partial charge in [-0.2, -0.15) is 0 Å². The average molecular weight is 686 g/mol. The van der Waals surface area contributed by atoms with E-state index in [2.05, 4.69) is 212 Å². The van der Waals surface area contributed by atoms with E-state index in [4.69, 9.17) is 9.40 Å². The number of hydrogen-bond donors (Lipinski definition) is 0. The van der Waals surface area contributed by atoms with Crippen LogP contribution in [0.25, 0.3) is 22.1 Å². The zero-order valence-corrected chi connectivity index (χ0v) is 30.1. The number of pyridine rings is 1. The molecule has 0 N–H and O–H groups in total. The second-order valence-corrected chi connectivity index (χ2v) is 20.7. The van der Waals surface area contributed by atoms with Crippen molar-refractivity contribution in [2.45, 2.75) is 0 Å². The van der Waals surface area contributed by atoms with Crippen LogP contribution in [0, 0.1) is 0 Å². The van der Waals surface area contributed by atoms with Crippen molar-refractivity contribution < 1.29 is 4.42 Å². The van der Waals surface area contributed by atoms with E-state index in [9.17, 15) is 0 Å². The molecule has 0 radical (unpaired) electrons. The molecular formula is C47H35NOSi2. The Hall–Kier alpha value is -6.08. The van der Waals surface area contributed by atoms with Gasteiger partial charge in [-0.15, -0.1) is 0 Å². The van der Waals surface area contributed by atoms with E-state index in [0.717, 1.165) is 16.4 Å². The monoisotopic (exact) mass is 685 g/mol. The molecule has 0 saturated heterocycles. The van der Waals surface area contributed by atoms with E-state index in [1.807, 2.05) is 0 Å². The predicted molar refractivity (Wildman–Crippen MR) is 219 cm³/mol. The molecule has 4 heteroatoms. The Bertz CT molecular complexity index is 2180. The van der Waals surface area contributed by atoms with Crippen molar-refractivity contribution in [3.63, 3.8) is 0 Å². The molecular weight excluding hydrogens is 651 g/mol. The first kappa shape index (κ1) is 30.9. The van der Waals surface area contributed by atoms with Crippen LogP contribution in [0.2, 0.25) is 0 Å². The lowest BCUT2D eigenvalue weighted by Gasteiger charge is -2.34. The molecule has 0 amide bonds. The molecule has 0 atom stereocenters. The van der Waals surface area contributed by atoms with Crippen LogP contribution in [0.3, 0.4) is 0 Å². The summed E-state index contributed by atoms with van der Waals surface area (Å²) in [5.41, 5.74) is 1.51. The maximum atomic E-state index is 6.54. The molecule has 0 saturated carbocycles. The third-order valence-electron chi connectivity index (χ3n) is 10.4. The van der Waals surface area contributed by atoms with Gasteiger partial charge in [0.25, 0.3) is 0 Å². The fourth-order valence-electron chi connectivity index (χ4n) is 8.23. The second-order valence-electron chi connectivity index (χ2n) is 13.1. The largest absolute Gasteiger partial charge is 0.438 e. The van der Waals surface area contributed by atoms with Crippen molar-refractivity contribution in [3.05, 3.63) is 212 Å². The van der Waals surface area contributed by atoms with Gasteiger partial charge >= 0.3 is 0 Å². The maximum absolute atomic E-state index is 6.54. The van der Waals surface area contributed by atoms with Crippen LogP contribution in [-0.2, 0) is 0 Å². The van der Waals surface area contributed by atoms with Crippen molar-refractivity contribution in [2.24, 2.45) is 0 Å². The summed E-state index contributed by atoms with van der Waals surface area (Å²) >= 11 is 0. The molecule has 2 aromatic heterocycles. The summed E-state index contributed by atoms with van der Waals surface area (Å²) in [6.45, 7) is 0. The van der Waals surface area contributed by atoms with E-state index in [1.165, 1.54) is 41.5 Å². The van der Waals surface area contributed by atoms with Gasteiger partial charge < -0.3 is 4.42 Å². The summed E-state index contributed by atoms with van der Waals surface area (Å²) < 4.78 is 6.54. The smallest absolute Gasteiger partial charge is 0.227 e. The van der Waals surface area contributed by atoms with Crippen molar-refractivity contribution in [1.29, 1.82) is 0 Å². The summed E-state index contributed by atoms with van der Waals surface area (Å²) in [4.78, 5) is 5.11. The normalized spacial score (nSPS) is 11.9. The van der Waals surface area contributed by atoms with Gasteiger partial charge in [0.2, 0.25) is 5.71 Å². The van der Waals surface area contributed by atoms with E-state index >= 15 is 0 Å². The van der Waals surface area contributed by atoms with Gasteiger partial charge in [0.15, 0.2) is 16.1 Å². The van der Waals surface area contributed by atoms with Crippen molar-refractivity contribution in [2.75, 3.05) is 0 Å². The molecule has 7 aromatic carbocycles. The van der Waals surface area contributed by atoms with Gasteiger partial charge in [-0.05, 0) is 53.6 Å². The molecule has 0 aliphatic heterocycles. The minimum Gasteiger partial charge on any atom is -0.438 e. The highest BCUT2D eigenvalue weighted by Gasteiger charge is 2.43. The molecule has 0 aliphatic carbocycles. The van der Waals surface area contributed by atoms with E-state index in [0.29, 0.717) is 5.71 Å². The lowest BCUT2D eigenvalue weighted by molar-refractivity contribution is 0.654. The molecule has 2 nitrogen and oxygen atoms in total. The van der Waals surface area contributed by atoms with E-state index in [-0.39, 0.29) is 0 Å². The first-order valence-electron chi connectivity index (χ1n) is 17.5. The molecule has 51 heavy (non-hydrogen) atoms. The van der Waals surface area contributed by atoms with Crippen LogP contribution in [0.4, 0.5) is 0 Å². The first-order chi connectivity index (χ1) is 25.3. The van der Waals surface area contributed by atoms with Crippen LogP contribution >= 0.6 is 0 Å². The summed E-state index contributed by atoms with van der Waals surface area (Å²) in [7, 11) is -5.52. The molecule has 242 valence electrons. The standard InChI is InChI=1S/C47H35NOSi2/c1-7-19-36(20-8-1)50(37-21-9-2-10-22-37,38-23-11-3-12-24-38)42-31-32-46-44(33-42)45-34-43(35-48-47(45)49-46)51(39-25-13-4-14-26-39,40-27-15-5-16-28-40)41-29-17-6-18-30-41/h1-35H. The van der Waals surface area contributed by atoms with Crippen LogP contribution in [0.1, 0.15) is 0 Å². The highest BCUT2D eigenvalue weighted by Crippen LogP contribution is 2.27. The molecule has 0 aliphatic rings. The van der Waals surface area contributed by atoms with Gasteiger partial charge in [-0.3, -0.25) is 0 Å². The van der Waals surface area contributed by atoms with Crippen molar-refractivity contribution in [1.82, 2.24) is 4.98 Å². The van der Waals surface area contributed by atoms with Crippen LogP contribution in [0.15, 0.2) is 217 Å². The van der Waals surface area contributed by atoms with Crippen LogP contribution < -0.4 is 41.5 Å². The minimum absolute atomic E-state index is 0.661. The van der Waals surface area contributed by atoms with Crippen molar-refractivity contribution in [3.8, 4) is 0 Å². The summed E-state index contributed by atoms with van der Waals surface area (Å²) in [6.07, 6.45) is 2.07. The van der Waals surface area contributed by atoms with Crippen LogP contribution in [0.5, 0.6) is 0 Å². The SMILES string of the molecule is c1ccc([Si](c2ccccc2)(c2ccccc2)c2ccc3oc4ncc([Si](c5ccccc5)(c5ccccc5)c5ccccc5)cc4c3c2)cc1. The number of aromatic nitrogens is 1. The zero-order valence-electron chi connectivity index (χ0n) is 28.1. The topological polar surface area (TPSA) is 26.0 Å². The molecule has 0 spiro atoms. The number of nitrogens with zero attached hydrogens (tertiary/aromatic N) is 1. The Morgan fingerprint density at radius 1 is 0.314 bits per heavy atom. The molecule has 2 heterocycles. The Kier molecular flexibility index (Phi) is 7.88. The number of rotatable bonds is 8. The van der Waals surface area contributed by atoms with Gasteiger partial charge in [0, 0.05) is 17.0 Å². The lowest BCUT2D eigenvalue weighted by atomic mass is 10.2. The summed E-state index contributed by atoms with van der Waals surface area (Å²) in [5, 5.41) is 12.7. The van der Waals surface area contributed by atoms with Crippen molar-refractivity contribution >= 4 is 79.7 Å². The Labute approximate surface area is 300 Å². The fourth-order valence-corrected chi connectivity index (χ4v) is 17.7. The molecule has 0 fully saturated rings. The van der Waals surface area contributed by atoms with Gasteiger partial charge in [-0.1, -0.05) is 194 Å². The Morgan fingerprint density at radius 2 is 0.647 bits per heavy atom. The Balaban J connectivity index is 1.36. The lowest BCUT2D eigenvalue weighted by Crippen LogP contribution is -2.74. The minimum atomic E-state index is -2.78. The number of furan rings is 1. The third-order valence-corrected chi connectivity index (χ3v) is 19.9. The van der Waals surface area contributed by atoms with Gasteiger partial charge in [0.05, 0.1) is 0 Å². The summed E-state index contributed by atoms with van der Waals surface area (Å²) in [6, 6.07) is 75.5. The molecule has 0 bridgehead atoms. The van der Waals surface area contributed by atoms with E-state index < -0.39 is 16.1 Å². The van der Waals surface area contributed by atoms with Gasteiger partial charge in [0.1, 0.15) is 5.58 Å². The quantitative estimate of drug-likeness (QED) is 0.151. The fraction of sp³-hybridized carbons (Fsp3) is 0. The zero-order chi connectivity index (χ0) is 34.1. The number of fused-ring (bicyclic) bond motifs is 3. The van der Waals surface area contributed by atoms with Gasteiger partial charge in [-0.25, -0.2) is 4.98 Å². The summed E-state index contributed by atoms with van der Waals surface area (Å²) in [5.74, 6) is 0. The predicted octanol–water partition coefficient (Wildman–Crippen LogP) is 5.74. The highest BCUT2D eigenvalue weighted by atomic mass is 28.3. The van der Waals surface area contributed by atoms with E-state index in [1.54, 1.807) is 0 Å². The molecule has 0 unspecified atom stereocenters. The number of benzene rings is 7. The second kappa shape index (κ2) is 13.0. The van der Waals surface area contributed by atoms with Crippen LogP contribution in [-0.4, -0.2) is 21.1 Å². The number of hydrogen-bond acceptors (Lipinski definition) is 2. The molecule has 9 rings (SSSR count).